The Bertz CT molecular complexity index is 616. The van der Waals surface area contributed by atoms with E-state index in [0.717, 1.165) is 0 Å². The van der Waals surface area contributed by atoms with Crippen molar-refractivity contribution in [1.29, 1.82) is 0 Å². The molecule has 0 bridgehead atoms. The molecule has 140 valence electrons. The van der Waals surface area contributed by atoms with Crippen LogP contribution in [0.25, 0.3) is 0 Å². The van der Waals surface area contributed by atoms with Crippen molar-refractivity contribution in [2.75, 3.05) is 20.1 Å². The maximum Gasteiger partial charge on any atom is 0.410 e. The molecule has 1 atom stereocenters. The first-order chi connectivity index (χ1) is 11.5. The number of amides is 1. The van der Waals surface area contributed by atoms with Crippen LogP contribution in [0.2, 0.25) is 0 Å². The predicted octanol–water partition coefficient (Wildman–Crippen LogP) is 3.95. The Balaban J connectivity index is 2.49. The van der Waals surface area contributed by atoms with Crippen molar-refractivity contribution in [2.45, 2.75) is 39.8 Å². The van der Waals surface area contributed by atoms with Gasteiger partial charge < -0.3 is 15.0 Å². The van der Waals surface area contributed by atoms with E-state index in [9.17, 15) is 14.9 Å². The van der Waals surface area contributed by atoms with Crippen molar-refractivity contribution in [2.24, 2.45) is 5.92 Å². The molecule has 0 aliphatic carbocycles. The average molecular weight is 416 g/mol. The summed E-state index contributed by atoms with van der Waals surface area (Å²) < 4.78 is 5.99. The van der Waals surface area contributed by atoms with Crippen LogP contribution in [-0.2, 0) is 11.3 Å². The molecular formula is C17H26BrN3O4. The monoisotopic (exact) mass is 415 g/mol. The maximum absolute atomic E-state index is 11.9. The van der Waals surface area contributed by atoms with Crippen LogP contribution >= 0.6 is 15.9 Å². The molecule has 1 rings (SSSR count). The summed E-state index contributed by atoms with van der Waals surface area (Å²) in [5.41, 5.74) is 0.189. The van der Waals surface area contributed by atoms with Gasteiger partial charge in [-0.05, 0) is 45.4 Å². The lowest BCUT2D eigenvalue weighted by atomic mass is 10.1. The van der Waals surface area contributed by atoms with E-state index in [4.69, 9.17) is 4.74 Å². The van der Waals surface area contributed by atoms with Gasteiger partial charge in [-0.15, -0.1) is 0 Å². The lowest BCUT2D eigenvalue weighted by molar-refractivity contribution is -0.385. The number of nitro groups is 1. The normalized spacial score (nSPS) is 12.6. The van der Waals surface area contributed by atoms with Crippen LogP contribution in [0, 0.1) is 16.0 Å². The number of ether oxygens (including phenoxy) is 1. The highest BCUT2D eigenvalue weighted by molar-refractivity contribution is 9.10. The zero-order chi connectivity index (χ0) is 19.2. The molecule has 1 unspecified atom stereocenters. The van der Waals surface area contributed by atoms with E-state index in [1.54, 1.807) is 24.1 Å². The Morgan fingerprint density at radius 2 is 2.08 bits per heavy atom. The first-order valence-corrected chi connectivity index (χ1v) is 8.86. The minimum absolute atomic E-state index is 0.0837. The number of carbonyl (C=O) groups is 1. The Kier molecular flexibility index (Phi) is 7.82. The van der Waals surface area contributed by atoms with Gasteiger partial charge in [-0.1, -0.05) is 22.9 Å². The molecule has 8 heteroatoms. The summed E-state index contributed by atoms with van der Waals surface area (Å²) in [6, 6.07) is 5.01. The molecular weight excluding hydrogens is 390 g/mol. The van der Waals surface area contributed by atoms with Crippen molar-refractivity contribution in [1.82, 2.24) is 10.2 Å². The standard InChI is InChI=1S/C17H26BrN3O4/c1-12(11-20(5)16(22)25-17(2,3)4)9-19-10-13-6-7-14(18)8-15(13)21(23)24/h6-8,12,19H,9-11H2,1-5H3. The van der Waals surface area contributed by atoms with Crippen LogP contribution in [0.5, 0.6) is 0 Å². The van der Waals surface area contributed by atoms with Crippen LogP contribution in [0.4, 0.5) is 10.5 Å². The fraction of sp³-hybridized carbons (Fsp3) is 0.588. The van der Waals surface area contributed by atoms with Crippen LogP contribution in [-0.4, -0.2) is 41.7 Å². The summed E-state index contributed by atoms with van der Waals surface area (Å²) in [6.45, 7) is 9.04. The van der Waals surface area contributed by atoms with Crippen LogP contribution in [0.15, 0.2) is 22.7 Å². The van der Waals surface area contributed by atoms with Crippen molar-refractivity contribution in [3.63, 3.8) is 0 Å². The summed E-state index contributed by atoms with van der Waals surface area (Å²) in [5, 5.41) is 14.3. The van der Waals surface area contributed by atoms with Gasteiger partial charge in [0.2, 0.25) is 0 Å². The zero-order valence-corrected chi connectivity index (χ0v) is 16.9. The van der Waals surface area contributed by atoms with Crippen LogP contribution in [0.1, 0.15) is 33.3 Å². The van der Waals surface area contributed by atoms with Gasteiger partial charge in [-0.3, -0.25) is 10.1 Å². The Hall–Kier alpha value is -1.67. The Labute approximate surface area is 157 Å². The molecule has 0 spiro atoms. The molecule has 0 aliphatic rings. The van der Waals surface area contributed by atoms with Gasteiger partial charge in [0.25, 0.3) is 5.69 Å². The number of hydrogen-bond acceptors (Lipinski definition) is 5. The number of benzene rings is 1. The third-order valence-electron chi connectivity index (χ3n) is 3.34. The number of nitrogens with one attached hydrogen (secondary N) is 1. The van der Waals surface area contributed by atoms with Gasteiger partial charge in [-0.2, -0.15) is 0 Å². The van der Waals surface area contributed by atoms with Crippen LogP contribution in [0.3, 0.4) is 0 Å². The molecule has 25 heavy (non-hydrogen) atoms. The number of nitrogens with zero attached hydrogens (tertiary/aromatic N) is 2. The van der Waals surface area contributed by atoms with Crippen molar-refractivity contribution in [3.05, 3.63) is 38.3 Å². The van der Waals surface area contributed by atoms with Gasteiger partial charge in [0.1, 0.15) is 5.60 Å². The van der Waals surface area contributed by atoms with E-state index in [2.05, 4.69) is 21.2 Å². The van der Waals surface area contributed by atoms with Crippen molar-refractivity contribution in [3.8, 4) is 0 Å². The van der Waals surface area contributed by atoms with Gasteiger partial charge in [0, 0.05) is 36.2 Å². The third kappa shape index (κ3) is 7.83. The molecule has 0 radical (unpaired) electrons. The third-order valence-corrected chi connectivity index (χ3v) is 3.84. The molecule has 0 saturated heterocycles. The smallest absolute Gasteiger partial charge is 0.410 e. The Morgan fingerprint density at radius 1 is 1.44 bits per heavy atom. The second-order valence-corrected chi connectivity index (χ2v) is 8.04. The van der Waals surface area contributed by atoms with Crippen molar-refractivity contribution >= 4 is 27.7 Å². The number of nitro benzene ring substituents is 1. The molecule has 0 aromatic heterocycles. The molecule has 0 fully saturated rings. The highest BCUT2D eigenvalue weighted by Crippen LogP contribution is 2.23. The maximum atomic E-state index is 11.9. The van der Waals surface area contributed by atoms with E-state index in [1.165, 1.54) is 6.07 Å². The SMILES string of the molecule is CC(CNCc1ccc(Br)cc1[N+](=O)[O-])CN(C)C(=O)OC(C)(C)C. The van der Waals surface area contributed by atoms with E-state index in [-0.39, 0.29) is 22.6 Å². The summed E-state index contributed by atoms with van der Waals surface area (Å²) >= 11 is 3.24. The van der Waals surface area contributed by atoms with E-state index >= 15 is 0 Å². The molecule has 0 heterocycles. The summed E-state index contributed by atoms with van der Waals surface area (Å²) in [6.07, 6.45) is -0.358. The summed E-state index contributed by atoms with van der Waals surface area (Å²) in [4.78, 5) is 24.2. The number of hydrogen-bond donors (Lipinski definition) is 1. The lowest BCUT2D eigenvalue weighted by Gasteiger charge is -2.26. The molecule has 1 amide bonds. The molecule has 1 N–H and O–H groups in total. The summed E-state index contributed by atoms with van der Waals surface area (Å²) in [7, 11) is 1.70. The fourth-order valence-corrected chi connectivity index (χ4v) is 2.61. The zero-order valence-electron chi connectivity index (χ0n) is 15.3. The van der Waals surface area contributed by atoms with Crippen molar-refractivity contribution < 1.29 is 14.5 Å². The minimum Gasteiger partial charge on any atom is -0.444 e. The van der Waals surface area contributed by atoms with E-state index in [0.29, 0.717) is 29.7 Å². The predicted molar refractivity (Wildman–Crippen MR) is 101 cm³/mol. The molecule has 0 aliphatic heterocycles. The molecule has 1 aromatic carbocycles. The second kappa shape index (κ2) is 9.15. The first-order valence-electron chi connectivity index (χ1n) is 8.07. The van der Waals surface area contributed by atoms with Crippen LogP contribution < -0.4 is 5.32 Å². The second-order valence-electron chi connectivity index (χ2n) is 7.13. The summed E-state index contributed by atoms with van der Waals surface area (Å²) in [5.74, 6) is 0.173. The first kappa shape index (κ1) is 21.4. The van der Waals surface area contributed by atoms with Gasteiger partial charge in [0.05, 0.1) is 4.92 Å². The largest absolute Gasteiger partial charge is 0.444 e. The fourth-order valence-electron chi connectivity index (χ4n) is 2.26. The minimum atomic E-state index is -0.520. The highest BCUT2D eigenvalue weighted by atomic mass is 79.9. The van der Waals surface area contributed by atoms with Gasteiger partial charge >= 0.3 is 6.09 Å². The van der Waals surface area contributed by atoms with Gasteiger partial charge in [-0.25, -0.2) is 4.79 Å². The average Bonchev–Trinajstić information content (AvgIpc) is 2.46. The molecule has 1 aromatic rings. The molecule has 0 saturated carbocycles. The lowest BCUT2D eigenvalue weighted by Crippen LogP contribution is -2.38. The Morgan fingerprint density at radius 3 is 2.64 bits per heavy atom. The topological polar surface area (TPSA) is 84.7 Å². The highest BCUT2D eigenvalue weighted by Gasteiger charge is 2.21. The number of carbonyl (C=O) groups excluding carboxylic acids is 1. The van der Waals surface area contributed by atoms with E-state index < -0.39 is 5.60 Å². The molecule has 7 nitrogen and oxygen atoms in total. The number of halogens is 1. The van der Waals surface area contributed by atoms with Gasteiger partial charge in [0.15, 0.2) is 0 Å². The van der Waals surface area contributed by atoms with E-state index in [1.807, 2.05) is 27.7 Å². The number of rotatable bonds is 7. The quantitative estimate of drug-likeness (QED) is 0.538.